The van der Waals surface area contributed by atoms with Gasteiger partial charge in [-0.2, -0.15) is 0 Å². The van der Waals surface area contributed by atoms with E-state index in [1.807, 2.05) is 12.1 Å². The number of methoxy groups -OCH3 is 1. The summed E-state index contributed by atoms with van der Waals surface area (Å²) in [6, 6.07) is 6.50. The lowest BCUT2D eigenvalue weighted by Crippen LogP contribution is -2.49. The fraction of sp³-hybridized carbons (Fsp3) is 0.647. The highest BCUT2D eigenvalue weighted by Gasteiger charge is 2.46. The van der Waals surface area contributed by atoms with Crippen LogP contribution in [0, 0.1) is 0 Å². The van der Waals surface area contributed by atoms with Gasteiger partial charge in [0, 0.05) is 38.5 Å². The number of nitrogens with one attached hydrogen (secondary N) is 1. The quantitative estimate of drug-likeness (QED) is 0.899. The monoisotopic (exact) mass is 304 g/mol. The molecule has 0 radical (unpaired) electrons. The molecular weight excluding hydrogens is 280 g/mol. The molecule has 1 N–H and O–H groups in total. The summed E-state index contributed by atoms with van der Waals surface area (Å²) >= 11 is 0. The zero-order chi connectivity index (χ0) is 15.0. The number of nitrogens with zero attached hydrogens (tertiary/aromatic N) is 1. The molecule has 0 amide bonds. The molecule has 120 valence electrons. The van der Waals surface area contributed by atoms with E-state index in [1.54, 1.807) is 7.11 Å². The second kappa shape index (κ2) is 5.72. The minimum Gasteiger partial charge on any atom is -0.496 e. The van der Waals surface area contributed by atoms with Gasteiger partial charge < -0.3 is 19.5 Å². The zero-order valence-electron chi connectivity index (χ0n) is 13.1. The molecule has 1 aromatic rings. The van der Waals surface area contributed by atoms with E-state index in [0.717, 1.165) is 63.7 Å². The Morgan fingerprint density at radius 1 is 1.32 bits per heavy atom. The molecule has 1 spiro atoms. The molecular formula is C17H24N2O3. The summed E-state index contributed by atoms with van der Waals surface area (Å²) in [6.07, 6.45) is 2.10. The van der Waals surface area contributed by atoms with Crippen molar-refractivity contribution in [3.05, 3.63) is 23.8 Å². The van der Waals surface area contributed by atoms with Crippen LogP contribution < -0.4 is 14.8 Å². The fourth-order valence-electron chi connectivity index (χ4n) is 4.03. The van der Waals surface area contributed by atoms with Crippen molar-refractivity contribution in [1.82, 2.24) is 10.2 Å². The molecule has 2 saturated heterocycles. The molecule has 0 saturated carbocycles. The first-order valence-electron chi connectivity index (χ1n) is 8.20. The maximum Gasteiger partial charge on any atom is 0.128 e. The average Bonchev–Trinajstić information content (AvgIpc) is 3.01. The molecule has 5 heteroatoms. The largest absolute Gasteiger partial charge is 0.496 e. The number of morpholine rings is 1. The molecule has 3 heterocycles. The Labute approximate surface area is 131 Å². The summed E-state index contributed by atoms with van der Waals surface area (Å²) in [6.45, 7) is 5.55. The molecule has 2 atom stereocenters. The van der Waals surface area contributed by atoms with Crippen molar-refractivity contribution in [3.63, 3.8) is 0 Å². The highest BCUT2D eigenvalue weighted by atomic mass is 16.5. The number of hydrogen-bond donors (Lipinski definition) is 1. The number of hydrogen-bond acceptors (Lipinski definition) is 5. The van der Waals surface area contributed by atoms with Crippen molar-refractivity contribution < 1.29 is 14.2 Å². The summed E-state index contributed by atoms with van der Waals surface area (Å²) in [5.74, 6) is 1.93. The Balaban J connectivity index is 1.74. The van der Waals surface area contributed by atoms with E-state index in [1.165, 1.54) is 5.56 Å². The molecule has 3 aliphatic heterocycles. The van der Waals surface area contributed by atoms with Gasteiger partial charge in [0.15, 0.2) is 0 Å². The predicted octanol–water partition coefficient (Wildman–Crippen LogP) is 1.58. The van der Waals surface area contributed by atoms with E-state index < -0.39 is 0 Å². The first-order valence-corrected chi connectivity index (χ1v) is 8.20. The lowest BCUT2D eigenvalue weighted by Gasteiger charge is -2.45. The molecule has 2 fully saturated rings. The Bertz CT molecular complexity index is 537. The number of ether oxygens (including phenoxy) is 3. The predicted molar refractivity (Wildman–Crippen MR) is 83.6 cm³/mol. The number of rotatable bonds is 2. The van der Waals surface area contributed by atoms with Gasteiger partial charge in [-0.15, -0.1) is 0 Å². The van der Waals surface area contributed by atoms with Crippen LogP contribution in [0.1, 0.15) is 24.4 Å². The summed E-state index contributed by atoms with van der Waals surface area (Å²) < 4.78 is 17.6. The van der Waals surface area contributed by atoms with E-state index in [9.17, 15) is 0 Å². The van der Waals surface area contributed by atoms with Gasteiger partial charge >= 0.3 is 0 Å². The SMILES string of the molecule is COc1cccc2c1C(N1CCOCC1)CC1(CCNC1)O2. The van der Waals surface area contributed by atoms with Gasteiger partial charge in [0.05, 0.1) is 25.9 Å². The highest BCUT2D eigenvalue weighted by molar-refractivity contribution is 5.49. The van der Waals surface area contributed by atoms with Gasteiger partial charge in [0.2, 0.25) is 0 Å². The first kappa shape index (κ1) is 14.3. The van der Waals surface area contributed by atoms with Crippen LogP contribution in [0.2, 0.25) is 0 Å². The first-order chi connectivity index (χ1) is 10.8. The second-order valence-electron chi connectivity index (χ2n) is 6.45. The van der Waals surface area contributed by atoms with Crippen LogP contribution in [0.15, 0.2) is 18.2 Å². The third kappa shape index (κ3) is 2.37. The Morgan fingerprint density at radius 3 is 2.91 bits per heavy atom. The van der Waals surface area contributed by atoms with Crippen molar-refractivity contribution in [2.75, 3.05) is 46.5 Å². The lowest BCUT2D eigenvalue weighted by molar-refractivity contribution is -0.0266. The third-order valence-corrected chi connectivity index (χ3v) is 5.16. The van der Waals surface area contributed by atoms with E-state index in [4.69, 9.17) is 14.2 Å². The lowest BCUT2D eigenvalue weighted by atomic mass is 9.85. The third-order valence-electron chi connectivity index (χ3n) is 5.16. The van der Waals surface area contributed by atoms with Crippen LogP contribution >= 0.6 is 0 Å². The number of benzene rings is 1. The summed E-state index contributed by atoms with van der Waals surface area (Å²) in [5, 5.41) is 3.47. The van der Waals surface area contributed by atoms with E-state index >= 15 is 0 Å². The van der Waals surface area contributed by atoms with Crippen LogP contribution in [0.4, 0.5) is 0 Å². The summed E-state index contributed by atoms with van der Waals surface area (Å²) in [5.41, 5.74) is 1.15. The van der Waals surface area contributed by atoms with Crippen molar-refractivity contribution >= 4 is 0 Å². The second-order valence-corrected chi connectivity index (χ2v) is 6.45. The maximum absolute atomic E-state index is 6.44. The summed E-state index contributed by atoms with van der Waals surface area (Å²) in [7, 11) is 1.74. The standard InChI is InChI=1S/C17H24N2O3/c1-20-14-3-2-4-15-16(14)13(19-7-9-21-10-8-19)11-17(22-15)5-6-18-12-17/h2-4,13,18H,5-12H2,1H3. The van der Waals surface area contributed by atoms with Gasteiger partial charge in [0.25, 0.3) is 0 Å². The van der Waals surface area contributed by atoms with Gasteiger partial charge in [-0.25, -0.2) is 0 Å². The Morgan fingerprint density at radius 2 is 2.18 bits per heavy atom. The van der Waals surface area contributed by atoms with E-state index in [0.29, 0.717) is 6.04 Å². The zero-order valence-corrected chi connectivity index (χ0v) is 13.1. The number of fused-ring (bicyclic) bond motifs is 1. The molecule has 22 heavy (non-hydrogen) atoms. The van der Waals surface area contributed by atoms with E-state index in [2.05, 4.69) is 16.3 Å². The van der Waals surface area contributed by atoms with Crippen LogP contribution in [-0.4, -0.2) is 57.0 Å². The molecule has 1 aromatic carbocycles. The Hall–Kier alpha value is -1.30. The van der Waals surface area contributed by atoms with Gasteiger partial charge in [-0.1, -0.05) is 6.07 Å². The summed E-state index contributed by atoms with van der Waals surface area (Å²) in [4.78, 5) is 2.54. The molecule has 0 aromatic heterocycles. The molecule has 4 rings (SSSR count). The van der Waals surface area contributed by atoms with Crippen molar-refractivity contribution in [2.45, 2.75) is 24.5 Å². The minimum atomic E-state index is -0.0671. The van der Waals surface area contributed by atoms with Crippen LogP contribution in [0.5, 0.6) is 11.5 Å². The molecule has 0 bridgehead atoms. The molecule has 5 nitrogen and oxygen atoms in total. The van der Waals surface area contributed by atoms with Gasteiger partial charge in [-0.05, 0) is 18.7 Å². The van der Waals surface area contributed by atoms with Crippen LogP contribution in [0.3, 0.4) is 0 Å². The molecule has 0 aliphatic carbocycles. The van der Waals surface area contributed by atoms with Gasteiger partial charge in [-0.3, -0.25) is 4.90 Å². The smallest absolute Gasteiger partial charge is 0.128 e. The molecule has 3 aliphatic rings. The topological polar surface area (TPSA) is 43.0 Å². The molecule has 2 unspecified atom stereocenters. The van der Waals surface area contributed by atoms with Crippen molar-refractivity contribution in [1.29, 1.82) is 0 Å². The minimum absolute atomic E-state index is 0.0671. The Kier molecular flexibility index (Phi) is 3.72. The van der Waals surface area contributed by atoms with Crippen molar-refractivity contribution in [3.8, 4) is 11.5 Å². The van der Waals surface area contributed by atoms with Crippen molar-refractivity contribution in [2.24, 2.45) is 0 Å². The normalized spacial score (nSPS) is 31.8. The average molecular weight is 304 g/mol. The maximum atomic E-state index is 6.44. The van der Waals surface area contributed by atoms with E-state index in [-0.39, 0.29) is 5.60 Å². The van der Waals surface area contributed by atoms with Crippen LogP contribution in [0.25, 0.3) is 0 Å². The van der Waals surface area contributed by atoms with Gasteiger partial charge in [0.1, 0.15) is 17.1 Å². The van der Waals surface area contributed by atoms with Crippen LogP contribution in [-0.2, 0) is 4.74 Å². The highest BCUT2D eigenvalue weighted by Crippen LogP contribution is 2.48. The fourth-order valence-corrected chi connectivity index (χ4v) is 4.03.